The van der Waals surface area contributed by atoms with Crippen LogP contribution < -0.4 is 5.32 Å². The normalized spacial score (nSPS) is 21.7. The second kappa shape index (κ2) is 9.07. The first-order chi connectivity index (χ1) is 13.0. The maximum atomic E-state index is 13.1. The van der Waals surface area contributed by atoms with E-state index in [0.29, 0.717) is 5.56 Å². The van der Waals surface area contributed by atoms with Crippen molar-refractivity contribution in [3.8, 4) is 0 Å². The highest BCUT2D eigenvalue weighted by Gasteiger charge is 2.47. The second-order valence-electron chi connectivity index (χ2n) is 8.42. The van der Waals surface area contributed by atoms with E-state index in [9.17, 15) is 9.90 Å². The summed E-state index contributed by atoms with van der Waals surface area (Å²) < 4.78 is 5.18. The van der Waals surface area contributed by atoms with Crippen LogP contribution in [0.1, 0.15) is 64.4 Å². The molecule has 1 unspecified atom stereocenters. The summed E-state index contributed by atoms with van der Waals surface area (Å²) in [6.45, 7) is 7.33. The van der Waals surface area contributed by atoms with Crippen molar-refractivity contribution in [1.29, 1.82) is 0 Å². The molecule has 2 N–H and O–H groups in total. The molecular formula is C22H34N2O3. The molecule has 150 valence electrons. The summed E-state index contributed by atoms with van der Waals surface area (Å²) in [5.74, 6) is -0.280. The quantitative estimate of drug-likeness (QED) is 0.716. The lowest BCUT2D eigenvalue weighted by Gasteiger charge is -2.36. The minimum Gasteiger partial charge on any atom is -0.472 e. The highest BCUT2D eigenvalue weighted by Crippen LogP contribution is 2.41. The SMILES string of the molecule is CC(C)=CCCN1CCC(NC(=O)C(O)(c2ccoc2)C2CCCC2)CC1. The molecule has 2 aliphatic rings. The number of furan rings is 1. The highest BCUT2D eigenvalue weighted by molar-refractivity contribution is 5.87. The summed E-state index contributed by atoms with van der Waals surface area (Å²) in [5, 5.41) is 14.6. The van der Waals surface area contributed by atoms with E-state index in [2.05, 4.69) is 30.1 Å². The number of rotatable bonds is 7. The molecule has 2 fully saturated rings. The minimum absolute atomic E-state index is 0.0285. The fourth-order valence-electron chi connectivity index (χ4n) is 4.51. The van der Waals surface area contributed by atoms with Crippen LogP contribution in [0.15, 0.2) is 34.7 Å². The van der Waals surface area contributed by atoms with Crippen LogP contribution in [0.2, 0.25) is 0 Å². The zero-order valence-electron chi connectivity index (χ0n) is 16.7. The van der Waals surface area contributed by atoms with Crippen molar-refractivity contribution in [2.45, 2.75) is 70.4 Å². The Kier molecular flexibility index (Phi) is 6.77. The summed E-state index contributed by atoms with van der Waals surface area (Å²) in [7, 11) is 0. The standard InChI is InChI=1S/C22H34N2O3/c1-17(2)6-5-12-24-13-9-20(10-14-24)23-21(25)22(26,18-7-3-4-8-18)19-11-15-27-16-19/h6,11,15-16,18,20,26H,3-5,7-10,12-14H2,1-2H3,(H,23,25). The van der Waals surface area contributed by atoms with E-state index in [1.54, 1.807) is 6.07 Å². The summed E-state index contributed by atoms with van der Waals surface area (Å²) in [5.41, 5.74) is 0.484. The van der Waals surface area contributed by atoms with Gasteiger partial charge in [0.1, 0.15) is 0 Å². The van der Waals surface area contributed by atoms with Crippen LogP contribution in [0.4, 0.5) is 0 Å². The van der Waals surface area contributed by atoms with Crippen molar-refractivity contribution >= 4 is 5.91 Å². The molecule has 3 rings (SSSR count). The van der Waals surface area contributed by atoms with Gasteiger partial charge in [0.15, 0.2) is 5.60 Å². The summed E-state index contributed by atoms with van der Waals surface area (Å²) in [6, 6.07) is 1.86. The Labute approximate surface area is 162 Å². The van der Waals surface area contributed by atoms with Crippen molar-refractivity contribution in [3.05, 3.63) is 35.8 Å². The number of allylic oxidation sites excluding steroid dienone is 1. The smallest absolute Gasteiger partial charge is 0.257 e. The van der Waals surface area contributed by atoms with Crippen LogP contribution in [0.25, 0.3) is 0 Å². The van der Waals surface area contributed by atoms with Gasteiger partial charge in [0.05, 0.1) is 12.5 Å². The third kappa shape index (κ3) is 4.82. The predicted molar refractivity (Wildman–Crippen MR) is 106 cm³/mol. The van der Waals surface area contributed by atoms with Crippen LogP contribution in [0.5, 0.6) is 0 Å². The molecule has 1 atom stereocenters. The van der Waals surface area contributed by atoms with Gasteiger partial charge in [0.25, 0.3) is 5.91 Å². The Balaban J connectivity index is 1.56. The van der Waals surface area contributed by atoms with Crippen LogP contribution in [-0.4, -0.2) is 41.6 Å². The number of aliphatic hydroxyl groups is 1. The lowest BCUT2D eigenvalue weighted by molar-refractivity contribution is -0.148. The van der Waals surface area contributed by atoms with Crippen LogP contribution in [0, 0.1) is 5.92 Å². The molecule has 0 radical (unpaired) electrons. The fourth-order valence-corrected chi connectivity index (χ4v) is 4.51. The van der Waals surface area contributed by atoms with E-state index < -0.39 is 5.60 Å². The van der Waals surface area contributed by atoms with Gasteiger partial charge < -0.3 is 19.7 Å². The Morgan fingerprint density at radius 1 is 1.30 bits per heavy atom. The van der Waals surface area contributed by atoms with Gasteiger partial charge in [0, 0.05) is 37.2 Å². The maximum Gasteiger partial charge on any atom is 0.257 e. The Bertz CT molecular complexity index is 622. The molecule has 0 bridgehead atoms. The third-order valence-corrected chi connectivity index (χ3v) is 6.17. The summed E-state index contributed by atoms with van der Waals surface area (Å²) >= 11 is 0. The van der Waals surface area contributed by atoms with Crippen molar-refractivity contribution in [2.24, 2.45) is 5.92 Å². The molecule has 1 saturated heterocycles. The fraction of sp³-hybridized carbons (Fsp3) is 0.682. The number of carbonyl (C=O) groups is 1. The monoisotopic (exact) mass is 374 g/mol. The Hall–Kier alpha value is -1.59. The molecule has 1 aliphatic carbocycles. The summed E-state index contributed by atoms with van der Waals surface area (Å²) in [4.78, 5) is 15.6. The minimum atomic E-state index is -1.47. The molecule has 1 aromatic rings. The lowest BCUT2D eigenvalue weighted by atomic mass is 9.80. The maximum absolute atomic E-state index is 13.1. The zero-order valence-corrected chi connectivity index (χ0v) is 16.7. The van der Waals surface area contributed by atoms with E-state index in [1.165, 1.54) is 18.1 Å². The first kappa shape index (κ1) is 20.2. The topological polar surface area (TPSA) is 65.7 Å². The first-order valence-corrected chi connectivity index (χ1v) is 10.4. The largest absolute Gasteiger partial charge is 0.472 e. The van der Waals surface area contributed by atoms with Crippen molar-refractivity contribution in [1.82, 2.24) is 10.2 Å². The van der Waals surface area contributed by atoms with Gasteiger partial charge in [-0.1, -0.05) is 24.5 Å². The number of nitrogens with one attached hydrogen (secondary N) is 1. The van der Waals surface area contributed by atoms with Gasteiger partial charge in [-0.05, 0) is 52.0 Å². The molecule has 2 heterocycles. The van der Waals surface area contributed by atoms with Gasteiger partial charge in [0.2, 0.25) is 0 Å². The second-order valence-corrected chi connectivity index (χ2v) is 8.42. The van der Waals surface area contributed by atoms with Gasteiger partial charge in [-0.15, -0.1) is 0 Å². The molecule has 1 aromatic heterocycles. The first-order valence-electron chi connectivity index (χ1n) is 10.4. The number of piperidine rings is 1. The molecule has 0 aromatic carbocycles. The number of nitrogens with zero attached hydrogens (tertiary/aromatic N) is 1. The number of amides is 1. The van der Waals surface area contributed by atoms with Gasteiger partial charge >= 0.3 is 0 Å². The molecule has 1 saturated carbocycles. The van der Waals surface area contributed by atoms with Crippen molar-refractivity contribution < 1.29 is 14.3 Å². The lowest BCUT2D eigenvalue weighted by Crippen LogP contribution is -2.54. The molecular weight excluding hydrogens is 340 g/mol. The van der Waals surface area contributed by atoms with Gasteiger partial charge in [-0.3, -0.25) is 4.79 Å². The molecule has 1 amide bonds. The predicted octanol–water partition coefficient (Wildman–Crippen LogP) is 3.59. The van der Waals surface area contributed by atoms with E-state index in [0.717, 1.165) is 64.6 Å². The number of hydrogen-bond acceptors (Lipinski definition) is 4. The van der Waals surface area contributed by atoms with E-state index in [1.807, 2.05) is 0 Å². The molecule has 5 nitrogen and oxygen atoms in total. The number of likely N-dealkylation sites (tertiary alicyclic amines) is 1. The van der Waals surface area contributed by atoms with E-state index >= 15 is 0 Å². The highest BCUT2D eigenvalue weighted by atomic mass is 16.3. The molecule has 0 spiro atoms. The van der Waals surface area contributed by atoms with Crippen LogP contribution >= 0.6 is 0 Å². The molecule has 1 aliphatic heterocycles. The van der Waals surface area contributed by atoms with Gasteiger partial charge in [-0.2, -0.15) is 0 Å². The zero-order chi connectivity index (χ0) is 19.3. The average Bonchev–Trinajstić information content (AvgIpc) is 3.36. The van der Waals surface area contributed by atoms with Crippen molar-refractivity contribution in [2.75, 3.05) is 19.6 Å². The average molecular weight is 375 g/mol. The van der Waals surface area contributed by atoms with E-state index in [4.69, 9.17) is 4.42 Å². The van der Waals surface area contributed by atoms with Crippen molar-refractivity contribution in [3.63, 3.8) is 0 Å². The van der Waals surface area contributed by atoms with E-state index in [-0.39, 0.29) is 17.9 Å². The number of carbonyl (C=O) groups excluding carboxylic acids is 1. The van der Waals surface area contributed by atoms with Crippen LogP contribution in [0.3, 0.4) is 0 Å². The third-order valence-electron chi connectivity index (χ3n) is 6.17. The Morgan fingerprint density at radius 2 is 2.00 bits per heavy atom. The van der Waals surface area contributed by atoms with Gasteiger partial charge in [-0.25, -0.2) is 0 Å². The number of hydrogen-bond donors (Lipinski definition) is 2. The summed E-state index contributed by atoms with van der Waals surface area (Å²) in [6.07, 6.45) is 12.2. The Morgan fingerprint density at radius 3 is 2.59 bits per heavy atom. The molecule has 5 heteroatoms. The molecule has 27 heavy (non-hydrogen) atoms. The van der Waals surface area contributed by atoms with Crippen LogP contribution in [-0.2, 0) is 10.4 Å².